The molecular weight excluding hydrogens is 412 g/mol. The van der Waals surface area contributed by atoms with E-state index in [0.29, 0.717) is 29.0 Å². The normalized spacial score (nSPS) is 13.0. The van der Waals surface area contributed by atoms with E-state index in [1.54, 1.807) is 35.1 Å². The Hall–Kier alpha value is -3.73. The lowest BCUT2D eigenvalue weighted by molar-refractivity contribution is 0.174. The quantitative estimate of drug-likeness (QED) is 0.498. The fourth-order valence-corrected chi connectivity index (χ4v) is 4.50. The molecule has 0 saturated heterocycles. The minimum atomic E-state index is -3.99. The number of aromatic nitrogens is 3. The molecule has 2 aromatic carbocycles. The number of benzene rings is 2. The predicted molar refractivity (Wildman–Crippen MR) is 105 cm³/mol. The molecule has 0 aliphatic carbocycles. The van der Waals surface area contributed by atoms with Gasteiger partial charge in [-0.3, -0.25) is 9.40 Å². The lowest BCUT2D eigenvalue weighted by Crippen LogP contribution is -2.14. The largest absolute Gasteiger partial charge is 0.495 e. The lowest BCUT2D eigenvalue weighted by Gasteiger charge is -2.10. The van der Waals surface area contributed by atoms with Gasteiger partial charge in [-0.25, -0.2) is 8.42 Å². The van der Waals surface area contributed by atoms with Gasteiger partial charge in [0.05, 0.1) is 13.7 Å². The van der Waals surface area contributed by atoms with Gasteiger partial charge in [0, 0.05) is 18.0 Å². The summed E-state index contributed by atoms with van der Waals surface area (Å²) in [6.07, 6.45) is 3.49. The van der Waals surface area contributed by atoms with Gasteiger partial charge in [-0.05, 0) is 24.3 Å². The average molecular weight is 428 g/mol. The second kappa shape index (κ2) is 6.95. The molecule has 10 nitrogen and oxygen atoms in total. The number of rotatable bonds is 6. The van der Waals surface area contributed by atoms with Crippen molar-refractivity contribution in [3.05, 3.63) is 54.4 Å². The molecule has 0 atom stereocenters. The Morgan fingerprint density at radius 3 is 2.83 bits per heavy atom. The van der Waals surface area contributed by atoms with Gasteiger partial charge in [-0.2, -0.15) is 5.10 Å². The van der Waals surface area contributed by atoms with E-state index in [4.69, 9.17) is 18.7 Å². The maximum atomic E-state index is 12.9. The zero-order valence-corrected chi connectivity index (χ0v) is 16.5. The fraction of sp³-hybridized carbons (Fsp3) is 0.158. The van der Waals surface area contributed by atoms with Crippen molar-refractivity contribution in [2.75, 3.05) is 18.6 Å². The molecule has 11 heteroatoms. The van der Waals surface area contributed by atoms with E-state index < -0.39 is 10.0 Å². The van der Waals surface area contributed by atoms with Crippen LogP contribution in [0.1, 0.15) is 5.56 Å². The summed E-state index contributed by atoms with van der Waals surface area (Å²) in [6, 6.07) is 9.84. The Morgan fingerprint density at radius 2 is 2.03 bits per heavy atom. The molecule has 0 fully saturated rings. The Labute approximate surface area is 171 Å². The summed E-state index contributed by atoms with van der Waals surface area (Å²) in [7, 11) is -2.59. The van der Waals surface area contributed by atoms with E-state index in [9.17, 15) is 8.42 Å². The van der Waals surface area contributed by atoms with Crippen LogP contribution >= 0.6 is 0 Å². The molecular formula is C19H16N4O6S. The molecule has 0 radical (unpaired) electrons. The summed E-state index contributed by atoms with van der Waals surface area (Å²) in [4.78, 5) is -0.0206. The summed E-state index contributed by atoms with van der Waals surface area (Å²) in [5.41, 5.74) is 1.13. The number of fused-ring (bicyclic) bond motifs is 3. The Bertz CT molecular complexity index is 1330. The number of methoxy groups -OCH3 is 1. The first kappa shape index (κ1) is 18.3. The highest BCUT2D eigenvalue weighted by Gasteiger charge is 2.29. The van der Waals surface area contributed by atoms with Crippen molar-refractivity contribution in [3.63, 3.8) is 0 Å². The summed E-state index contributed by atoms with van der Waals surface area (Å²) >= 11 is 0. The van der Waals surface area contributed by atoms with Crippen LogP contribution in [0.5, 0.6) is 17.2 Å². The maximum Gasteiger partial charge on any atom is 0.266 e. The van der Waals surface area contributed by atoms with Gasteiger partial charge in [0.25, 0.3) is 10.0 Å². The third-order valence-corrected chi connectivity index (χ3v) is 6.01. The minimum Gasteiger partial charge on any atom is -0.495 e. The van der Waals surface area contributed by atoms with E-state index in [0.717, 1.165) is 5.56 Å². The van der Waals surface area contributed by atoms with Crippen molar-refractivity contribution in [2.24, 2.45) is 0 Å². The van der Waals surface area contributed by atoms with Crippen LogP contribution in [0, 0.1) is 0 Å². The third kappa shape index (κ3) is 2.99. The Balaban J connectivity index is 1.58. The standard InChI is InChI=1S/C19H16N4O6S/c1-26-13-5-2-3-6-15(13)30(24,25)22-19-16-14(29-21-19)9-12(10-23-8-4-7-20-23)17-18(16)28-11-27-17/h2-9H,10-11H2,1H3,(H,21,22). The first-order chi connectivity index (χ1) is 14.6. The van der Waals surface area contributed by atoms with E-state index >= 15 is 0 Å². The summed E-state index contributed by atoms with van der Waals surface area (Å²) in [5.74, 6) is 1.08. The van der Waals surface area contributed by atoms with Crippen LogP contribution in [0.4, 0.5) is 5.82 Å². The molecule has 0 bridgehead atoms. The predicted octanol–water partition coefficient (Wildman–Crippen LogP) is 2.61. The third-order valence-electron chi connectivity index (χ3n) is 4.64. The van der Waals surface area contributed by atoms with Crippen LogP contribution in [0.15, 0.2) is 58.2 Å². The number of sulfonamides is 1. The summed E-state index contributed by atoms with van der Waals surface area (Å²) < 4.78 is 51.9. The first-order valence-corrected chi connectivity index (χ1v) is 10.4. The second-order valence-corrected chi connectivity index (χ2v) is 8.12. The molecule has 0 spiro atoms. The van der Waals surface area contributed by atoms with Crippen LogP contribution in [-0.4, -0.2) is 37.3 Å². The summed E-state index contributed by atoms with van der Waals surface area (Å²) in [6.45, 7) is 0.433. The average Bonchev–Trinajstić information content (AvgIpc) is 3.49. The number of nitrogens with one attached hydrogen (secondary N) is 1. The van der Waals surface area contributed by atoms with Crippen LogP contribution in [0.25, 0.3) is 11.0 Å². The highest BCUT2D eigenvalue weighted by atomic mass is 32.2. The molecule has 3 heterocycles. The van der Waals surface area contributed by atoms with Crippen molar-refractivity contribution in [1.82, 2.24) is 14.9 Å². The molecule has 5 rings (SSSR count). The minimum absolute atomic E-state index is 0.00305. The molecule has 4 aromatic rings. The van der Waals surface area contributed by atoms with Crippen LogP contribution < -0.4 is 18.9 Å². The monoisotopic (exact) mass is 428 g/mol. The van der Waals surface area contributed by atoms with E-state index in [-0.39, 0.29) is 23.3 Å². The van der Waals surface area contributed by atoms with E-state index in [2.05, 4.69) is 15.0 Å². The molecule has 1 aliphatic rings. The first-order valence-electron chi connectivity index (χ1n) is 8.91. The van der Waals surface area contributed by atoms with Gasteiger partial charge in [0.1, 0.15) is 16.0 Å². The Morgan fingerprint density at radius 1 is 1.20 bits per heavy atom. The number of hydrogen-bond acceptors (Lipinski definition) is 8. The molecule has 154 valence electrons. The fourth-order valence-electron chi connectivity index (χ4n) is 3.33. The van der Waals surface area contributed by atoms with Crippen LogP contribution in [0.3, 0.4) is 0 Å². The molecule has 0 unspecified atom stereocenters. The van der Waals surface area contributed by atoms with E-state index in [1.165, 1.54) is 13.2 Å². The van der Waals surface area contributed by atoms with Gasteiger partial charge < -0.3 is 18.7 Å². The van der Waals surface area contributed by atoms with Crippen LogP contribution in [-0.2, 0) is 16.6 Å². The molecule has 30 heavy (non-hydrogen) atoms. The molecule has 1 aliphatic heterocycles. The second-order valence-electron chi connectivity index (χ2n) is 6.46. The molecule has 0 saturated carbocycles. The van der Waals surface area contributed by atoms with Crippen molar-refractivity contribution in [1.29, 1.82) is 0 Å². The molecule has 1 N–H and O–H groups in total. The summed E-state index contributed by atoms with van der Waals surface area (Å²) in [5, 5.41) is 8.48. The number of ether oxygens (including phenoxy) is 3. The van der Waals surface area contributed by atoms with Crippen molar-refractivity contribution in [2.45, 2.75) is 11.4 Å². The van der Waals surface area contributed by atoms with Gasteiger partial charge in [0.2, 0.25) is 6.79 Å². The molecule has 0 amide bonds. The molecule has 2 aromatic heterocycles. The van der Waals surface area contributed by atoms with Gasteiger partial charge in [-0.15, -0.1) is 0 Å². The Kier molecular flexibility index (Phi) is 4.24. The highest BCUT2D eigenvalue weighted by Crippen LogP contribution is 2.46. The topological polar surface area (TPSA) is 118 Å². The smallest absolute Gasteiger partial charge is 0.266 e. The zero-order valence-electron chi connectivity index (χ0n) is 15.7. The van der Waals surface area contributed by atoms with E-state index in [1.807, 2.05) is 12.3 Å². The SMILES string of the molecule is COc1ccccc1S(=O)(=O)Nc1noc2cc(Cn3cccn3)c3c(c12)OCO3. The lowest BCUT2D eigenvalue weighted by atomic mass is 10.1. The van der Waals surface area contributed by atoms with Crippen molar-refractivity contribution >= 4 is 26.8 Å². The van der Waals surface area contributed by atoms with Gasteiger partial charge in [-0.1, -0.05) is 17.3 Å². The number of anilines is 1. The van der Waals surface area contributed by atoms with Crippen molar-refractivity contribution in [3.8, 4) is 17.2 Å². The van der Waals surface area contributed by atoms with Crippen LogP contribution in [0.2, 0.25) is 0 Å². The van der Waals surface area contributed by atoms with Crippen molar-refractivity contribution < 1.29 is 27.2 Å². The number of nitrogens with zero attached hydrogens (tertiary/aromatic N) is 3. The zero-order chi connectivity index (χ0) is 20.7. The van der Waals surface area contributed by atoms with Gasteiger partial charge in [0.15, 0.2) is 22.9 Å². The highest BCUT2D eigenvalue weighted by molar-refractivity contribution is 7.92. The number of hydrogen-bond donors (Lipinski definition) is 1. The maximum absolute atomic E-state index is 12.9. The number of para-hydroxylation sites is 1. The van der Waals surface area contributed by atoms with Gasteiger partial charge >= 0.3 is 0 Å².